The maximum Gasteiger partial charge on any atom is 0.114 e. The number of nitrogens with two attached hydrogens (primary N) is 1. The topological polar surface area (TPSA) is 48.4 Å². The molecule has 0 spiro atoms. The fraction of sp³-hybridized carbons (Fsp3) is 0.667. The molecule has 84 valence electrons. The smallest absolute Gasteiger partial charge is 0.114 e. The van der Waals surface area contributed by atoms with Gasteiger partial charge >= 0.3 is 0 Å². The second-order valence-electron chi connectivity index (χ2n) is 5.30. The highest BCUT2D eigenvalue weighted by Gasteiger charge is 2.46. The van der Waals surface area contributed by atoms with Gasteiger partial charge in [0.1, 0.15) is 5.76 Å². The Morgan fingerprint density at radius 3 is 2.60 bits per heavy atom. The van der Waals surface area contributed by atoms with Crippen LogP contribution in [0.15, 0.2) is 22.8 Å². The van der Waals surface area contributed by atoms with E-state index >= 15 is 0 Å². The summed E-state index contributed by atoms with van der Waals surface area (Å²) in [6, 6.07) is 3.97. The van der Waals surface area contributed by atoms with E-state index < -0.39 is 0 Å². The van der Waals surface area contributed by atoms with E-state index in [9.17, 15) is 0 Å². The standard InChI is InChI=1S/C12H19NO2/c1-11(2,7-13)6-12(8-14-9-12)10-4-3-5-15-10/h3-5H,6-9,13H2,1-2H3. The monoisotopic (exact) mass is 209 g/mol. The molecule has 0 atom stereocenters. The van der Waals surface area contributed by atoms with E-state index in [2.05, 4.69) is 13.8 Å². The predicted molar refractivity (Wildman–Crippen MR) is 58.7 cm³/mol. The van der Waals surface area contributed by atoms with Crippen molar-refractivity contribution in [2.24, 2.45) is 11.1 Å². The van der Waals surface area contributed by atoms with Crippen LogP contribution in [0.2, 0.25) is 0 Å². The van der Waals surface area contributed by atoms with Crippen LogP contribution in [0.3, 0.4) is 0 Å². The van der Waals surface area contributed by atoms with Gasteiger partial charge in [-0.25, -0.2) is 0 Å². The lowest BCUT2D eigenvalue weighted by Crippen LogP contribution is -2.50. The Morgan fingerprint density at radius 1 is 1.47 bits per heavy atom. The number of furan rings is 1. The van der Waals surface area contributed by atoms with Crippen molar-refractivity contribution in [3.8, 4) is 0 Å². The molecule has 2 heterocycles. The number of hydrogen-bond donors (Lipinski definition) is 1. The quantitative estimate of drug-likeness (QED) is 0.824. The second kappa shape index (κ2) is 3.65. The maximum absolute atomic E-state index is 5.77. The molecule has 3 heteroatoms. The minimum Gasteiger partial charge on any atom is -0.469 e. The van der Waals surface area contributed by atoms with Gasteiger partial charge in [0.25, 0.3) is 0 Å². The zero-order chi connectivity index (χ0) is 10.9. The molecule has 2 rings (SSSR count). The van der Waals surface area contributed by atoms with Crippen LogP contribution in [0.25, 0.3) is 0 Å². The van der Waals surface area contributed by atoms with Gasteiger partial charge < -0.3 is 14.9 Å². The average Bonchev–Trinajstić information content (AvgIpc) is 2.64. The largest absolute Gasteiger partial charge is 0.469 e. The van der Waals surface area contributed by atoms with Crippen LogP contribution < -0.4 is 5.73 Å². The van der Waals surface area contributed by atoms with Crippen LogP contribution in [0.5, 0.6) is 0 Å². The molecule has 1 aromatic rings. The summed E-state index contributed by atoms with van der Waals surface area (Å²) in [5.41, 5.74) is 5.97. The van der Waals surface area contributed by atoms with Gasteiger partial charge in [-0.05, 0) is 30.5 Å². The van der Waals surface area contributed by atoms with Crippen LogP contribution in [0, 0.1) is 5.41 Å². The van der Waals surface area contributed by atoms with Crippen molar-refractivity contribution in [2.75, 3.05) is 19.8 Å². The Bertz CT molecular complexity index is 312. The SMILES string of the molecule is CC(C)(CN)CC1(c2ccco2)COC1. The van der Waals surface area contributed by atoms with Crippen molar-refractivity contribution in [1.29, 1.82) is 0 Å². The molecule has 1 aromatic heterocycles. The van der Waals surface area contributed by atoms with E-state index in [1.807, 2.05) is 12.1 Å². The highest BCUT2D eigenvalue weighted by molar-refractivity contribution is 5.18. The van der Waals surface area contributed by atoms with E-state index in [1.165, 1.54) is 0 Å². The Hall–Kier alpha value is -0.800. The molecule has 1 aliphatic rings. The normalized spacial score (nSPS) is 19.9. The van der Waals surface area contributed by atoms with Crippen molar-refractivity contribution < 1.29 is 9.15 Å². The van der Waals surface area contributed by atoms with Gasteiger partial charge in [-0.1, -0.05) is 13.8 Å². The van der Waals surface area contributed by atoms with E-state index in [-0.39, 0.29) is 10.8 Å². The van der Waals surface area contributed by atoms with E-state index in [0.29, 0.717) is 6.54 Å². The van der Waals surface area contributed by atoms with Crippen LogP contribution in [0.4, 0.5) is 0 Å². The van der Waals surface area contributed by atoms with Crippen molar-refractivity contribution in [1.82, 2.24) is 0 Å². The van der Waals surface area contributed by atoms with Crippen LogP contribution in [-0.2, 0) is 10.2 Å². The van der Waals surface area contributed by atoms with Gasteiger partial charge in [-0.2, -0.15) is 0 Å². The highest BCUT2D eigenvalue weighted by Crippen LogP contribution is 2.42. The van der Waals surface area contributed by atoms with E-state index in [1.54, 1.807) is 6.26 Å². The summed E-state index contributed by atoms with van der Waals surface area (Å²) in [5.74, 6) is 1.04. The molecule has 0 amide bonds. The molecule has 15 heavy (non-hydrogen) atoms. The van der Waals surface area contributed by atoms with Gasteiger partial charge in [0.2, 0.25) is 0 Å². The minimum absolute atomic E-state index is 0.0619. The molecule has 0 radical (unpaired) electrons. The molecule has 2 N–H and O–H groups in total. The minimum atomic E-state index is 0.0619. The highest BCUT2D eigenvalue weighted by atomic mass is 16.5. The lowest BCUT2D eigenvalue weighted by Gasteiger charge is -2.44. The number of hydrogen-bond acceptors (Lipinski definition) is 3. The van der Waals surface area contributed by atoms with Crippen molar-refractivity contribution in [3.05, 3.63) is 24.2 Å². The number of ether oxygens (including phenoxy) is 1. The van der Waals surface area contributed by atoms with Gasteiger partial charge in [0.05, 0.1) is 24.9 Å². The first-order chi connectivity index (χ1) is 7.08. The van der Waals surface area contributed by atoms with Crippen molar-refractivity contribution in [3.63, 3.8) is 0 Å². The maximum atomic E-state index is 5.77. The van der Waals surface area contributed by atoms with Gasteiger partial charge in [-0.15, -0.1) is 0 Å². The zero-order valence-electron chi connectivity index (χ0n) is 9.45. The Balaban J connectivity index is 2.17. The molecular weight excluding hydrogens is 190 g/mol. The Labute approximate surface area is 90.6 Å². The lowest BCUT2D eigenvalue weighted by atomic mass is 9.70. The van der Waals surface area contributed by atoms with Crippen LogP contribution >= 0.6 is 0 Å². The first kappa shape index (κ1) is 10.7. The molecule has 1 fully saturated rings. The van der Waals surface area contributed by atoms with Crippen molar-refractivity contribution in [2.45, 2.75) is 25.7 Å². The molecule has 0 unspecified atom stereocenters. The Kier molecular flexibility index (Phi) is 2.61. The van der Waals surface area contributed by atoms with Gasteiger partial charge in [0, 0.05) is 0 Å². The zero-order valence-corrected chi connectivity index (χ0v) is 9.45. The van der Waals surface area contributed by atoms with Gasteiger partial charge in [0.15, 0.2) is 0 Å². The molecule has 0 bridgehead atoms. The third-order valence-corrected chi connectivity index (χ3v) is 3.17. The molecule has 3 nitrogen and oxygen atoms in total. The molecule has 1 saturated heterocycles. The second-order valence-corrected chi connectivity index (χ2v) is 5.30. The lowest BCUT2D eigenvalue weighted by molar-refractivity contribution is -0.0882. The molecule has 0 saturated carbocycles. The summed E-state index contributed by atoms with van der Waals surface area (Å²) in [6.45, 7) is 6.58. The van der Waals surface area contributed by atoms with Gasteiger partial charge in [-0.3, -0.25) is 0 Å². The molecule has 0 aliphatic carbocycles. The fourth-order valence-corrected chi connectivity index (χ4v) is 2.25. The molecule has 0 aromatic carbocycles. The molecule has 1 aliphatic heterocycles. The first-order valence-electron chi connectivity index (χ1n) is 5.40. The third-order valence-electron chi connectivity index (χ3n) is 3.17. The van der Waals surface area contributed by atoms with Crippen molar-refractivity contribution >= 4 is 0 Å². The number of rotatable bonds is 4. The third kappa shape index (κ3) is 1.94. The summed E-state index contributed by atoms with van der Waals surface area (Å²) in [4.78, 5) is 0. The van der Waals surface area contributed by atoms with E-state index in [0.717, 1.165) is 25.4 Å². The summed E-state index contributed by atoms with van der Waals surface area (Å²) >= 11 is 0. The summed E-state index contributed by atoms with van der Waals surface area (Å²) in [7, 11) is 0. The average molecular weight is 209 g/mol. The summed E-state index contributed by atoms with van der Waals surface area (Å²) in [5, 5.41) is 0. The summed E-state index contributed by atoms with van der Waals surface area (Å²) < 4.78 is 10.9. The Morgan fingerprint density at radius 2 is 2.20 bits per heavy atom. The fourth-order valence-electron chi connectivity index (χ4n) is 2.25. The van der Waals surface area contributed by atoms with E-state index in [4.69, 9.17) is 14.9 Å². The summed E-state index contributed by atoms with van der Waals surface area (Å²) in [6.07, 6.45) is 2.74. The van der Waals surface area contributed by atoms with Crippen LogP contribution in [0.1, 0.15) is 26.0 Å². The predicted octanol–water partition coefficient (Wildman–Crippen LogP) is 1.92. The first-order valence-corrected chi connectivity index (χ1v) is 5.40. The van der Waals surface area contributed by atoms with Crippen LogP contribution in [-0.4, -0.2) is 19.8 Å². The molecular formula is C12H19NO2.